The third-order valence-electron chi connectivity index (χ3n) is 6.10. The topological polar surface area (TPSA) is 8.81 Å². The van der Waals surface area contributed by atoms with E-state index in [-0.39, 0.29) is 0 Å². The Bertz CT molecular complexity index is 449. The van der Waals surface area contributed by atoms with E-state index < -0.39 is 0 Å². The molecule has 0 aliphatic heterocycles. The van der Waals surface area contributed by atoms with E-state index >= 15 is 0 Å². The summed E-state index contributed by atoms with van der Waals surface area (Å²) in [5.74, 6) is 1.58. The van der Waals surface area contributed by atoms with E-state index in [2.05, 4.69) is 42.3 Å². The maximum absolute atomic E-state index is 2.57. The van der Waals surface area contributed by atoms with Gasteiger partial charge in [-0.3, -0.25) is 0 Å². The zero-order valence-electron chi connectivity index (χ0n) is 19.7. The SMILES string of the molecule is CCCCCCCCCCCCn1cc[n+](CCCCCC)c1CCCCC. The first-order valence-corrected chi connectivity index (χ1v) is 12.9. The molecule has 1 heterocycles. The molecule has 0 spiro atoms. The fraction of sp³-hybridized carbons (Fsp3) is 0.885. The fourth-order valence-electron chi connectivity index (χ4n) is 4.20. The molecule has 0 saturated heterocycles. The number of aromatic nitrogens is 2. The summed E-state index contributed by atoms with van der Waals surface area (Å²) in [5.41, 5.74) is 0. The maximum atomic E-state index is 2.57. The minimum Gasteiger partial charge on any atom is -0.234 e. The van der Waals surface area contributed by atoms with Gasteiger partial charge >= 0.3 is 0 Å². The summed E-state index contributed by atoms with van der Waals surface area (Å²) in [6.07, 6.45) is 29.6. The zero-order chi connectivity index (χ0) is 20.3. The molecule has 1 aromatic heterocycles. The van der Waals surface area contributed by atoms with Crippen molar-refractivity contribution in [3.63, 3.8) is 0 Å². The molecule has 0 bridgehead atoms. The van der Waals surface area contributed by atoms with Crippen LogP contribution < -0.4 is 4.57 Å². The number of aryl methyl sites for hydroxylation is 2. The number of nitrogens with zero attached hydrogens (tertiary/aromatic N) is 2. The molecule has 0 unspecified atom stereocenters. The van der Waals surface area contributed by atoms with E-state index in [4.69, 9.17) is 0 Å². The molecule has 0 amide bonds. The van der Waals surface area contributed by atoms with Gasteiger partial charge in [0.2, 0.25) is 0 Å². The van der Waals surface area contributed by atoms with Crippen LogP contribution in [0.5, 0.6) is 0 Å². The van der Waals surface area contributed by atoms with Crippen molar-refractivity contribution in [2.45, 2.75) is 149 Å². The molecule has 1 aromatic rings. The van der Waals surface area contributed by atoms with Crippen molar-refractivity contribution in [2.75, 3.05) is 0 Å². The third-order valence-corrected chi connectivity index (χ3v) is 6.10. The minimum atomic E-state index is 1.21. The van der Waals surface area contributed by atoms with Gasteiger partial charge in [0, 0.05) is 6.42 Å². The van der Waals surface area contributed by atoms with Crippen LogP contribution in [0.3, 0.4) is 0 Å². The van der Waals surface area contributed by atoms with Gasteiger partial charge in [-0.05, 0) is 32.1 Å². The Balaban J connectivity index is 2.28. The van der Waals surface area contributed by atoms with Crippen LogP contribution in [-0.4, -0.2) is 4.57 Å². The summed E-state index contributed by atoms with van der Waals surface area (Å²) in [6.45, 7) is 9.34. The van der Waals surface area contributed by atoms with Crippen LogP contribution in [0, 0.1) is 0 Å². The Morgan fingerprint density at radius 3 is 1.71 bits per heavy atom. The van der Waals surface area contributed by atoms with Gasteiger partial charge in [-0.15, -0.1) is 0 Å². The standard InChI is InChI=1S/C26H51N2/c1-4-7-10-12-13-14-15-16-17-20-23-28-25-24-27(22-19-11-8-5-2)26(28)21-18-9-6-3/h24-25H,4-23H2,1-3H3/q+1. The van der Waals surface area contributed by atoms with Gasteiger partial charge in [-0.25, -0.2) is 9.13 Å². The van der Waals surface area contributed by atoms with Crippen LogP contribution in [0.15, 0.2) is 12.4 Å². The van der Waals surface area contributed by atoms with Crippen LogP contribution in [-0.2, 0) is 19.5 Å². The lowest BCUT2D eigenvalue weighted by Gasteiger charge is -2.06. The third kappa shape index (κ3) is 11.9. The molecular weight excluding hydrogens is 340 g/mol. The number of rotatable bonds is 20. The molecule has 164 valence electrons. The first-order valence-electron chi connectivity index (χ1n) is 12.9. The van der Waals surface area contributed by atoms with Crippen molar-refractivity contribution in [1.82, 2.24) is 4.57 Å². The van der Waals surface area contributed by atoms with Crippen molar-refractivity contribution in [1.29, 1.82) is 0 Å². The summed E-state index contributed by atoms with van der Waals surface area (Å²) >= 11 is 0. The summed E-state index contributed by atoms with van der Waals surface area (Å²) in [7, 11) is 0. The van der Waals surface area contributed by atoms with Crippen LogP contribution >= 0.6 is 0 Å². The lowest BCUT2D eigenvalue weighted by atomic mass is 10.1. The molecule has 0 saturated carbocycles. The van der Waals surface area contributed by atoms with Crippen LogP contribution in [0.4, 0.5) is 0 Å². The molecule has 0 atom stereocenters. The fourth-order valence-corrected chi connectivity index (χ4v) is 4.20. The van der Waals surface area contributed by atoms with Crippen LogP contribution in [0.1, 0.15) is 136 Å². The molecule has 1 rings (SSSR count). The second kappa shape index (κ2) is 18.3. The van der Waals surface area contributed by atoms with Gasteiger partial charge in [-0.1, -0.05) is 97.8 Å². The minimum absolute atomic E-state index is 1.21. The van der Waals surface area contributed by atoms with Crippen molar-refractivity contribution >= 4 is 0 Å². The van der Waals surface area contributed by atoms with Crippen molar-refractivity contribution in [3.8, 4) is 0 Å². The van der Waals surface area contributed by atoms with E-state index in [9.17, 15) is 0 Å². The summed E-state index contributed by atoms with van der Waals surface area (Å²) < 4.78 is 5.13. The normalized spacial score (nSPS) is 11.4. The predicted molar refractivity (Wildman–Crippen MR) is 124 cm³/mol. The molecule has 0 aromatic carbocycles. The first kappa shape index (κ1) is 25.2. The Kier molecular flexibility index (Phi) is 16.5. The lowest BCUT2D eigenvalue weighted by molar-refractivity contribution is -0.704. The van der Waals surface area contributed by atoms with E-state index in [1.165, 1.54) is 129 Å². The molecule has 0 aliphatic rings. The highest BCUT2D eigenvalue weighted by Gasteiger charge is 2.16. The smallest absolute Gasteiger partial charge is 0.234 e. The maximum Gasteiger partial charge on any atom is 0.256 e. The quantitative estimate of drug-likeness (QED) is 0.157. The zero-order valence-corrected chi connectivity index (χ0v) is 19.7. The van der Waals surface area contributed by atoms with Gasteiger partial charge in [0.25, 0.3) is 5.82 Å². The number of hydrogen-bond acceptors (Lipinski definition) is 0. The van der Waals surface area contributed by atoms with Gasteiger partial charge in [0.1, 0.15) is 12.4 Å². The Morgan fingerprint density at radius 2 is 1.11 bits per heavy atom. The first-order chi connectivity index (χ1) is 13.8. The van der Waals surface area contributed by atoms with E-state index in [1.807, 2.05) is 0 Å². The lowest BCUT2D eigenvalue weighted by Crippen LogP contribution is -2.37. The highest BCUT2D eigenvalue weighted by molar-refractivity contribution is 4.84. The van der Waals surface area contributed by atoms with Gasteiger partial charge < -0.3 is 0 Å². The number of unbranched alkanes of at least 4 members (excludes halogenated alkanes) is 14. The number of hydrogen-bond donors (Lipinski definition) is 0. The van der Waals surface area contributed by atoms with Gasteiger partial charge in [0.15, 0.2) is 0 Å². The molecule has 2 nitrogen and oxygen atoms in total. The summed E-state index contributed by atoms with van der Waals surface area (Å²) in [4.78, 5) is 0. The van der Waals surface area contributed by atoms with Gasteiger partial charge in [0.05, 0.1) is 13.1 Å². The highest BCUT2D eigenvalue weighted by Crippen LogP contribution is 2.12. The molecule has 0 N–H and O–H groups in total. The average Bonchev–Trinajstić information content (AvgIpc) is 3.09. The van der Waals surface area contributed by atoms with Gasteiger partial charge in [-0.2, -0.15) is 0 Å². The predicted octanol–water partition coefficient (Wildman–Crippen LogP) is 8.01. The Labute approximate surface area is 177 Å². The van der Waals surface area contributed by atoms with Crippen molar-refractivity contribution in [3.05, 3.63) is 18.2 Å². The van der Waals surface area contributed by atoms with E-state index in [0.717, 1.165) is 0 Å². The monoisotopic (exact) mass is 391 g/mol. The average molecular weight is 392 g/mol. The van der Waals surface area contributed by atoms with E-state index in [0.29, 0.717) is 0 Å². The van der Waals surface area contributed by atoms with E-state index in [1.54, 1.807) is 5.82 Å². The largest absolute Gasteiger partial charge is 0.256 e. The Morgan fingerprint density at radius 1 is 0.607 bits per heavy atom. The molecular formula is C26H51N2+. The summed E-state index contributed by atoms with van der Waals surface area (Å²) in [5, 5.41) is 0. The molecule has 0 radical (unpaired) electrons. The molecule has 0 fully saturated rings. The summed E-state index contributed by atoms with van der Waals surface area (Å²) in [6, 6.07) is 0. The number of imidazole rings is 1. The highest BCUT2D eigenvalue weighted by atomic mass is 15.1. The van der Waals surface area contributed by atoms with Crippen molar-refractivity contribution in [2.24, 2.45) is 0 Å². The van der Waals surface area contributed by atoms with Crippen LogP contribution in [0.2, 0.25) is 0 Å². The Hall–Kier alpha value is -0.790. The van der Waals surface area contributed by atoms with Crippen molar-refractivity contribution < 1.29 is 4.57 Å². The second-order valence-electron chi connectivity index (χ2n) is 8.80. The second-order valence-corrected chi connectivity index (χ2v) is 8.80. The molecule has 2 heteroatoms. The molecule has 28 heavy (non-hydrogen) atoms. The molecule has 0 aliphatic carbocycles. The van der Waals surface area contributed by atoms with Crippen LogP contribution in [0.25, 0.3) is 0 Å².